The summed E-state index contributed by atoms with van der Waals surface area (Å²) in [6.45, 7) is 1.49. The molecule has 4 aromatic rings. The largest absolute Gasteiger partial charge is 0.315 e. The Morgan fingerprint density at radius 2 is 2.25 bits per heavy atom. The summed E-state index contributed by atoms with van der Waals surface area (Å²) in [6.07, 6.45) is 5.06. The second kappa shape index (κ2) is 8.57. The van der Waals surface area contributed by atoms with Gasteiger partial charge in [0.2, 0.25) is 0 Å². The molecule has 1 aliphatic rings. The summed E-state index contributed by atoms with van der Waals surface area (Å²) >= 11 is 7.95. The third-order valence-corrected chi connectivity index (χ3v) is 6.98. The Morgan fingerprint density at radius 3 is 2.97 bits per heavy atom. The minimum Gasteiger partial charge on any atom is -0.315 e. The third kappa shape index (κ3) is 3.76. The summed E-state index contributed by atoms with van der Waals surface area (Å²) in [7, 11) is 1.74. The molecule has 5 rings (SSSR count). The Hall–Kier alpha value is -2.88. The summed E-state index contributed by atoms with van der Waals surface area (Å²) in [5, 5.41) is 14.3. The number of rotatable bonds is 4. The number of nitrogens with zero attached hydrogens (tertiary/aromatic N) is 5. The Balaban J connectivity index is 1.59. The van der Waals surface area contributed by atoms with E-state index in [2.05, 4.69) is 20.6 Å². The molecule has 32 heavy (non-hydrogen) atoms. The number of carbonyl (C=O) groups excluding carboxylic acids is 1. The number of benzene rings is 1. The molecule has 164 valence electrons. The van der Waals surface area contributed by atoms with E-state index in [1.807, 2.05) is 11.4 Å². The first-order chi connectivity index (χ1) is 15.5. The smallest absolute Gasteiger partial charge is 0.262 e. The van der Waals surface area contributed by atoms with Crippen LogP contribution in [0.2, 0.25) is 5.02 Å². The van der Waals surface area contributed by atoms with Crippen LogP contribution >= 0.6 is 22.9 Å². The van der Waals surface area contributed by atoms with Crippen molar-refractivity contribution >= 4 is 44.7 Å². The fraction of sp³-hybridized carbons (Fsp3) is 0.273. The van der Waals surface area contributed by atoms with Crippen molar-refractivity contribution in [3.8, 4) is 11.3 Å². The fourth-order valence-electron chi connectivity index (χ4n) is 4.06. The van der Waals surface area contributed by atoms with Gasteiger partial charge in [-0.25, -0.2) is 9.37 Å². The molecule has 1 unspecified atom stereocenters. The van der Waals surface area contributed by atoms with Gasteiger partial charge in [-0.2, -0.15) is 0 Å². The molecule has 1 atom stereocenters. The van der Waals surface area contributed by atoms with Crippen molar-refractivity contribution in [3.05, 3.63) is 58.4 Å². The van der Waals surface area contributed by atoms with E-state index in [0.717, 1.165) is 29.5 Å². The van der Waals surface area contributed by atoms with Crippen LogP contribution in [0.15, 0.2) is 42.0 Å². The number of aryl methyl sites for hydroxylation is 1. The van der Waals surface area contributed by atoms with Gasteiger partial charge < -0.3 is 5.32 Å². The van der Waals surface area contributed by atoms with Crippen molar-refractivity contribution in [1.82, 2.24) is 25.3 Å². The van der Waals surface area contributed by atoms with Crippen LogP contribution in [0, 0.1) is 5.82 Å². The SMILES string of the molecule is Cn1cc(-c2ccc(C(=O)N(c3nccc4scc(Cl)c34)C3CCCNC3)c(F)c2)nn1. The van der Waals surface area contributed by atoms with Crippen LogP contribution in [0.25, 0.3) is 21.3 Å². The quantitative estimate of drug-likeness (QED) is 0.481. The molecule has 4 heterocycles. The van der Waals surface area contributed by atoms with Gasteiger partial charge in [0.25, 0.3) is 5.91 Å². The van der Waals surface area contributed by atoms with E-state index in [1.165, 1.54) is 23.5 Å². The number of aromatic nitrogens is 4. The van der Waals surface area contributed by atoms with Crippen molar-refractivity contribution in [1.29, 1.82) is 0 Å². The number of amides is 1. The highest BCUT2D eigenvalue weighted by atomic mass is 35.5. The first-order valence-corrected chi connectivity index (χ1v) is 11.5. The summed E-state index contributed by atoms with van der Waals surface area (Å²) < 4.78 is 17.7. The van der Waals surface area contributed by atoms with E-state index >= 15 is 4.39 Å². The van der Waals surface area contributed by atoms with Crippen LogP contribution in [0.4, 0.5) is 10.2 Å². The van der Waals surface area contributed by atoms with E-state index in [0.29, 0.717) is 28.6 Å². The maximum absolute atomic E-state index is 15.2. The second-order valence-corrected chi connectivity index (χ2v) is 9.06. The molecule has 1 aliphatic heterocycles. The number of piperidine rings is 1. The molecule has 3 aromatic heterocycles. The molecular formula is C22H20ClFN6OS. The van der Waals surface area contributed by atoms with Gasteiger partial charge in [-0.3, -0.25) is 14.4 Å². The standard InChI is InChI=1S/C22H20ClFN6OS/c1-29-11-18(27-28-29)13-4-5-15(17(24)9-13)22(31)30(14-3-2-7-25-10-14)21-20-16(23)12-32-19(20)6-8-26-21/h4-6,8-9,11-12,14,25H,2-3,7,10H2,1H3. The zero-order valence-electron chi connectivity index (χ0n) is 17.3. The normalized spacial score (nSPS) is 16.4. The van der Waals surface area contributed by atoms with Crippen LogP contribution in [0.5, 0.6) is 0 Å². The number of nitrogens with one attached hydrogen (secondary N) is 1. The van der Waals surface area contributed by atoms with E-state index in [4.69, 9.17) is 11.6 Å². The van der Waals surface area contributed by atoms with E-state index < -0.39 is 11.7 Å². The Bertz CT molecular complexity index is 1300. The van der Waals surface area contributed by atoms with Gasteiger partial charge in [-0.1, -0.05) is 22.9 Å². The number of thiophene rings is 1. The number of halogens is 2. The maximum Gasteiger partial charge on any atom is 0.262 e. The van der Waals surface area contributed by atoms with Crippen molar-refractivity contribution in [2.75, 3.05) is 18.0 Å². The highest BCUT2D eigenvalue weighted by Gasteiger charge is 2.32. The van der Waals surface area contributed by atoms with Crippen molar-refractivity contribution < 1.29 is 9.18 Å². The van der Waals surface area contributed by atoms with Gasteiger partial charge in [0.05, 0.1) is 28.2 Å². The molecule has 7 nitrogen and oxygen atoms in total. The lowest BCUT2D eigenvalue weighted by atomic mass is 10.0. The van der Waals surface area contributed by atoms with Crippen molar-refractivity contribution in [2.24, 2.45) is 7.05 Å². The first-order valence-electron chi connectivity index (χ1n) is 10.2. The highest BCUT2D eigenvalue weighted by molar-refractivity contribution is 7.18. The lowest BCUT2D eigenvalue weighted by Crippen LogP contribution is -2.49. The molecule has 0 aliphatic carbocycles. The van der Waals surface area contributed by atoms with E-state index in [1.54, 1.807) is 35.1 Å². The van der Waals surface area contributed by atoms with Crippen LogP contribution in [-0.2, 0) is 7.05 Å². The monoisotopic (exact) mass is 470 g/mol. The highest BCUT2D eigenvalue weighted by Crippen LogP contribution is 2.38. The molecular weight excluding hydrogens is 451 g/mol. The lowest BCUT2D eigenvalue weighted by Gasteiger charge is -2.34. The third-order valence-electron chi connectivity index (χ3n) is 5.60. The zero-order valence-corrected chi connectivity index (χ0v) is 18.8. The van der Waals surface area contributed by atoms with Gasteiger partial charge in [0.15, 0.2) is 0 Å². The number of anilines is 1. The van der Waals surface area contributed by atoms with Crippen molar-refractivity contribution in [2.45, 2.75) is 18.9 Å². The van der Waals surface area contributed by atoms with Gasteiger partial charge >= 0.3 is 0 Å². The number of fused-ring (bicyclic) bond motifs is 1. The van der Waals surface area contributed by atoms with Gasteiger partial charge in [-0.05, 0) is 37.6 Å². The minimum atomic E-state index is -0.615. The molecule has 0 bridgehead atoms. The summed E-state index contributed by atoms with van der Waals surface area (Å²) in [4.78, 5) is 19.9. The van der Waals surface area contributed by atoms with E-state index in [9.17, 15) is 4.79 Å². The first kappa shape index (κ1) is 21.0. The van der Waals surface area contributed by atoms with Gasteiger partial charge in [-0.15, -0.1) is 16.4 Å². The molecule has 0 saturated carbocycles. The van der Waals surface area contributed by atoms with Crippen LogP contribution in [-0.4, -0.2) is 45.0 Å². The van der Waals surface area contributed by atoms with Gasteiger partial charge in [0, 0.05) is 35.4 Å². The predicted octanol–water partition coefficient (Wildman–Crippen LogP) is 4.28. The molecule has 0 spiro atoms. The fourth-order valence-corrected chi connectivity index (χ4v) is 5.24. The van der Waals surface area contributed by atoms with Crippen LogP contribution < -0.4 is 10.2 Å². The minimum absolute atomic E-state index is 0.0200. The molecule has 1 fully saturated rings. The molecule has 1 amide bonds. The van der Waals surface area contributed by atoms with E-state index in [-0.39, 0.29) is 11.6 Å². The summed E-state index contributed by atoms with van der Waals surface area (Å²) in [5.41, 5.74) is 1.07. The summed E-state index contributed by atoms with van der Waals surface area (Å²) in [6, 6.07) is 6.21. The number of hydrogen-bond donors (Lipinski definition) is 1. The number of carbonyl (C=O) groups is 1. The molecule has 1 N–H and O–H groups in total. The lowest BCUT2D eigenvalue weighted by molar-refractivity contribution is 0.0968. The Labute approximate surface area is 192 Å². The topological polar surface area (TPSA) is 75.9 Å². The average Bonchev–Trinajstić information content (AvgIpc) is 3.41. The van der Waals surface area contributed by atoms with Gasteiger partial charge in [0.1, 0.15) is 17.3 Å². The second-order valence-electron chi connectivity index (χ2n) is 7.74. The molecule has 1 saturated heterocycles. The molecule has 1 aromatic carbocycles. The molecule has 10 heteroatoms. The number of pyridine rings is 1. The molecule has 0 radical (unpaired) electrons. The predicted molar refractivity (Wildman–Crippen MR) is 124 cm³/mol. The summed E-state index contributed by atoms with van der Waals surface area (Å²) in [5.74, 6) is -0.593. The Kier molecular flexibility index (Phi) is 5.62. The number of hydrogen-bond acceptors (Lipinski definition) is 6. The zero-order chi connectivity index (χ0) is 22.2. The maximum atomic E-state index is 15.2. The average molecular weight is 471 g/mol. The van der Waals surface area contributed by atoms with Crippen LogP contribution in [0.3, 0.4) is 0 Å². The Morgan fingerprint density at radius 1 is 1.38 bits per heavy atom. The van der Waals surface area contributed by atoms with Crippen molar-refractivity contribution in [3.63, 3.8) is 0 Å². The van der Waals surface area contributed by atoms with Crippen LogP contribution in [0.1, 0.15) is 23.2 Å².